The largest absolute Gasteiger partial charge is 0.493 e. The second kappa shape index (κ2) is 13.8. The molecule has 0 bridgehead atoms. The monoisotopic (exact) mass is 626 g/mol. The number of methoxy groups -OCH3 is 2. The first-order valence-electron chi connectivity index (χ1n) is 14.9. The maximum absolute atomic E-state index is 13.4. The second-order valence-corrected chi connectivity index (χ2v) is 11.5. The van der Waals surface area contributed by atoms with E-state index in [9.17, 15) is 22.8 Å². The topological polar surface area (TPSA) is 77.5 Å². The summed E-state index contributed by atoms with van der Waals surface area (Å²) in [7, 11) is 3.00. The van der Waals surface area contributed by atoms with E-state index in [1.165, 1.54) is 14.2 Å². The minimum absolute atomic E-state index is 0.137. The summed E-state index contributed by atoms with van der Waals surface area (Å²) in [5.41, 5.74) is 1.64. The van der Waals surface area contributed by atoms with Gasteiger partial charge in [-0.2, -0.15) is 13.2 Å². The van der Waals surface area contributed by atoms with Gasteiger partial charge in [0, 0.05) is 42.7 Å². The van der Waals surface area contributed by atoms with Crippen LogP contribution in [0.1, 0.15) is 40.7 Å². The van der Waals surface area contributed by atoms with E-state index in [2.05, 4.69) is 0 Å². The third-order valence-corrected chi connectivity index (χ3v) is 8.79. The maximum atomic E-state index is 13.4. The van der Waals surface area contributed by atoms with Crippen molar-refractivity contribution in [2.75, 3.05) is 40.4 Å². The Bertz CT molecular complexity index is 1470. The second-order valence-electron chi connectivity index (χ2n) is 11.5. The SMILES string of the molecule is COc1ccc(C(=O)N2CCC3(CCN(Cc4ccccc4OCc4ccccc4)CC3OC(=O)C(F)(F)F)CC2)cc1OC. The van der Waals surface area contributed by atoms with Gasteiger partial charge in [-0.1, -0.05) is 48.5 Å². The number of amides is 1. The molecule has 240 valence electrons. The van der Waals surface area contributed by atoms with E-state index in [1.54, 1.807) is 23.1 Å². The molecular formula is C34H37F3N2O6. The lowest BCUT2D eigenvalue weighted by atomic mass is 9.69. The third kappa shape index (κ3) is 7.53. The van der Waals surface area contributed by atoms with Crippen molar-refractivity contribution in [3.63, 3.8) is 0 Å². The smallest absolute Gasteiger partial charge is 0.490 e. The number of alkyl halides is 3. The molecule has 0 radical (unpaired) electrons. The fraction of sp³-hybridized carbons (Fsp3) is 0.412. The molecule has 1 unspecified atom stereocenters. The number of para-hydroxylation sites is 1. The van der Waals surface area contributed by atoms with Gasteiger partial charge in [0.25, 0.3) is 5.91 Å². The summed E-state index contributed by atoms with van der Waals surface area (Å²) in [6, 6.07) is 22.2. The molecule has 2 fully saturated rings. The molecule has 5 rings (SSSR count). The van der Waals surface area contributed by atoms with Crippen LogP contribution in [0.2, 0.25) is 0 Å². The van der Waals surface area contributed by atoms with Crippen LogP contribution in [0.3, 0.4) is 0 Å². The van der Waals surface area contributed by atoms with Crippen LogP contribution in [-0.4, -0.2) is 74.4 Å². The van der Waals surface area contributed by atoms with Gasteiger partial charge in [-0.3, -0.25) is 9.69 Å². The quantitative estimate of drug-likeness (QED) is 0.275. The van der Waals surface area contributed by atoms with Crippen LogP contribution in [0.25, 0.3) is 0 Å². The van der Waals surface area contributed by atoms with Crippen molar-refractivity contribution in [1.29, 1.82) is 0 Å². The molecule has 8 nitrogen and oxygen atoms in total. The normalized spacial score (nSPS) is 18.3. The van der Waals surface area contributed by atoms with Crippen LogP contribution in [-0.2, 0) is 22.7 Å². The van der Waals surface area contributed by atoms with Crippen molar-refractivity contribution in [3.05, 3.63) is 89.5 Å². The van der Waals surface area contributed by atoms with E-state index in [1.807, 2.05) is 59.5 Å². The number of piperidine rings is 2. The summed E-state index contributed by atoms with van der Waals surface area (Å²) in [5, 5.41) is 0. The first-order valence-corrected chi connectivity index (χ1v) is 14.9. The minimum atomic E-state index is -5.11. The van der Waals surface area contributed by atoms with Crippen LogP contribution in [0, 0.1) is 5.41 Å². The average Bonchev–Trinajstić information content (AvgIpc) is 3.05. The number of rotatable bonds is 9. The fourth-order valence-electron chi connectivity index (χ4n) is 6.19. The number of hydrogen-bond donors (Lipinski definition) is 0. The summed E-state index contributed by atoms with van der Waals surface area (Å²) >= 11 is 0. The van der Waals surface area contributed by atoms with Crippen LogP contribution in [0.15, 0.2) is 72.8 Å². The number of benzene rings is 3. The van der Waals surface area contributed by atoms with E-state index in [0.717, 1.165) is 11.1 Å². The minimum Gasteiger partial charge on any atom is -0.493 e. The molecule has 0 aliphatic carbocycles. The summed E-state index contributed by atoms with van der Waals surface area (Å²) in [4.78, 5) is 29.1. The van der Waals surface area contributed by atoms with Crippen LogP contribution in [0.5, 0.6) is 17.2 Å². The standard InChI is InChI=1S/C34H37F3N2O6/c1-42-28-13-12-25(20-29(28)43-2)31(40)39-18-15-33(16-19-39)14-17-38(22-30(33)45-32(41)34(35,36)37)21-26-10-6-7-11-27(26)44-23-24-8-4-3-5-9-24/h3-13,20,30H,14-19,21-23H2,1-2H3. The van der Waals surface area contributed by atoms with Gasteiger partial charge in [0.05, 0.1) is 14.2 Å². The Balaban J connectivity index is 1.28. The van der Waals surface area contributed by atoms with Crippen molar-refractivity contribution in [2.45, 2.75) is 44.7 Å². The predicted molar refractivity (Wildman–Crippen MR) is 160 cm³/mol. The number of likely N-dealkylation sites (tertiary alicyclic amines) is 2. The first kappa shape index (κ1) is 32.2. The van der Waals surface area contributed by atoms with Crippen LogP contribution in [0.4, 0.5) is 13.2 Å². The molecule has 2 saturated heterocycles. The van der Waals surface area contributed by atoms with Gasteiger partial charge in [0.15, 0.2) is 11.5 Å². The van der Waals surface area contributed by atoms with Crippen molar-refractivity contribution in [2.24, 2.45) is 5.41 Å². The molecule has 1 amide bonds. The van der Waals surface area contributed by atoms with E-state index in [0.29, 0.717) is 74.9 Å². The molecule has 11 heteroatoms. The highest BCUT2D eigenvalue weighted by molar-refractivity contribution is 5.95. The van der Waals surface area contributed by atoms with Crippen LogP contribution < -0.4 is 14.2 Å². The Labute approximate surface area is 260 Å². The molecule has 2 heterocycles. The first-order chi connectivity index (χ1) is 21.6. The Morgan fingerprint density at radius 3 is 2.20 bits per heavy atom. The molecule has 45 heavy (non-hydrogen) atoms. The van der Waals surface area contributed by atoms with E-state index < -0.39 is 23.7 Å². The van der Waals surface area contributed by atoms with Gasteiger partial charge in [-0.15, -0.1) is 0 Å². The van der Waals surface area contributed by atoms with Gasteiger partial charge in [0.1, 0.15) is 18.5 Å². The van der Waals surface area contributed by atoms with Crippen molar-refractivity contribution in [3.8, 4) is 17.2 Å². The van der Waals surface area contributed by atoms with Crippen LogP contribution >= 0.6 is 0 Å². The summed E-state index contributed by atoms with van der Waals surface area (Å²) in [5.74, 6) is -0.788. The van der Waals surface area contributed by atoms with E-state index in [4.69, 9.17) is 18.9 Å². The number of carbonyl (C=O) groups excluding carboxylic acids is 2. The van der Waals surface area contributed by atoms with Crippen molar-refractivity contribution >= 4 is 11.9 Å². The zero-order valence-corrected chi connectivity index (χ0v) is 25.3. The Kier molecular flexibility index (Phi) is 9.86. The number of ether oxygens (including phenoxy) is 4. The number of hydrogen-bond acceptors (Lipinski definition) is 7. The number of nitrogens with zero attached hydrogens (tertiary/aromatic N) is 2. The molecule has 0 N–H and O–H groups in total. The highest BCUT2D eigenvalue weighted by Gasteiger charge is 2.51. The van der Waals surface area contributed by atoms with Crippen molar-refractivity contribution in [1.82, 2.24) is 9.80 Å². The zero-order chi connectivity index (χ0) is 32.0. The maximum Gasteiger partial charge on any atom is 0.490 e. The van der Waals surface area contributed by atoms with Gasteiger partial charge < -0.3 is 23.8 Å². The molecule has 1 atom stereocenters. The van der Waals surface area contributed by atoms with Gasteiger partial charge >= 0.3 is 12.1 Å². The zero-order valence-electron chi connectivity index (χ0n) is 25.3. The summed E-state index contributed by atoms with van der Waals surface area (Å²) < 4.78 is 62.0. The molecule has 3 aromatic rings. The Morgan fingerprint density at radius 1 is 0.844 bits per heavy atom. The van der Waals surface area contributed by atoms with Crippen molar-refractivity contribution < 1.29 is 41.7 Å². The predicted octanol–water partition coefficient (Wildman–Crippen LogP) is 5.89. The molecular weight excluding hydrogens is 589 g/mol. The number of halogens is 3. The average molecular weight is 627 g/mol. The number of esters is 1. The lowest BCUT2D eigenvalue weighted by molar-refractivity contribution is -0.216. The van der Waals surface area contributed by atoms with Gasteiger partial charge in [-0.25, -0.2) is 4.79 Å². The number of carbonyl (C=O) groups is 2. The van der Waals surface area contributed by atoms with E-state index in [-0.39, 0.29) is 12.5 Å². The van der Waals surface area contributed by atoms with Gasteiger partial charge in [-0.05, 0) is 55.6 Å². The Morgan fingerprint density at radius 2 is 1.51 bits per heavy atom. The molecule has 1 spiro atoms. The molecule has 0 aromatic heterocycles. The Hall–Kier alpha value is -4.25. The highest BCUT2D eigenvalue weighted by atomic mass is 19.4. The molecule has 0 saturated carbocycles. The van der Waals surface area contributed by atoms with E-state index >= 15 is 0 Å². The summed E-state index contributed by atoms with van der Waals surface area (Å²) in [6.07, 6.45) is -4.76. The molecule has 2 aliphatic rings. The lowest BCUT2D eigenvalue weighted by Crippen LogP contribution is -2.57. The third-order valence-electron chi connectivity index (χ3n) is 8.79. The lowest BCUT2D eigenvalue weighted by Gasteiger charge is -2.51. The molecule has 3 aromatic carbocycles. The summed E-state index contributed by atoms with van der Waals surface area (Å²) in [6.45, 7) is 2.18. The fourth-order valence-corrected chi connectivity index (χ4v) is 6.19. The van der Waals surface area contributed by atoms with Gasteiger partial charge in [0.2, 0.25) is 0 Å². The highest BCUT2D eigenvalue weighted by Crippen LogP contribution is 2.44. The molecule has 2 aliphatic heterocycles.